The third-order valence-corrected chi connectivity index (χ3v) is 6.74. The van der Waals surface area contributed by atoms with Crippen molar-refractivity contribution in [3.63, 3.8) is 0 Å². The topological polar surface area (TPSA) is 97.7 Å². The molecule has 0 aliphatic heterocycles. The van der Waals surface area contributed by atoms with Crippen molar-refractivity contribution in [1.82, 2.24) is 0 Å². The summed E-state index contributed by atoms with van der Waals surface area (Å²) in [7, 11) is 1.33. The van der Waals surface area contributed by atoms with Crippen LogP contribution < -0.4 is 14.8 Å². The Morgan fingerprint density at radius 2 is 1.55 bits per heavy atom. The first-order valence-corrected chi connectivity index (χ1v) is 14.1. The van der Waals surface area contributed by atoms with Crippen LogP contribution in [0.5, 0.6) is 11.5 Å². The zero-order chi connectivity index (χ0) is 29.7. The largest absolute Gasteiger partial charge is 0.493 e. The van der Waals surface area contributed by atoms with Crippen LogP contribution in [0, 0.1) is 5.41 Å². The molecule has 0 radical (unpaired) electrons. The van der Waals surface area contributed by atoms with Gasteiger partial charge in [0.1, 0.15) is 18.0 Å². The van der Waals surface area contributed by atoms with Gasteiger partial charge in [0.15, 0.2) is 5.78 Å². The van der Waals surface area contributed by atoms with Gasteiger partial charge in [-0.25, -0.2) is 0 Å². The van der Waals surface area contributed by atoms with Gasteiger partial charge in [0.25, 0.3) is 0 Å². The molecule has 0 heterocycles. The Balaban J connectivity index is 1.31. The maximum Gasteiger partial charge on any atom is 0.325 e. The molecule has 4 rings (SSSR count). The molecule has 2 N–H and O–H groups in total. The monoisotopic (exact) mass is 564 g/mol. The van der Waals surface area contributed by atoms with E-state index in [4.69, 9.17) is 14.9 Å². The summed E-state index contributed by atoms with van der Waals surface area (Å²) in [4.78, 5) is 24.6. The van der Waals surface area contributed by atoms with Crippen molar-refractivity contribution in [1.29, 1.82) is 5.41 Å². The molecule has 0 bridgehead atoms. The minimum absolute atomic E-state index is 0.0114. The van der Waals surface area contributed by atoms with Gasteiger partial charge in [-0.3, -0.25) is 9.59 Å². The molecule has 0 atom stereocenters. The third-order valence-electron chi connectivity index (χ3n) is 6.74. The number of carbonyl (C=O) groups is 2. The van der Waals surface area contributed by atoms with E-state index in [1.807, 2.05) is 60.7 Å². The molecular formula is C35H36N2O5. The summed E-state index contributed by atoms with van der Waals surface area (Å²) in [6, 6.07) is 28.8. The van der Waals surface area contributed by atoms with Crippen LogP contribution in [0.15, 0.2) is 91.0 Å². The van der Waals surface area contributed by atoms with Crippen molar-refractivity contribution in [3.05, 3.63) is 113 Å². The summed E-state index contributed by atoms with van der Waals surface area (Å²) in [5.74, 6) is 1.01. The zero-order valence-electron chi connectivity index (χ0n) is 24.0. The summed E-state index contributed by atoms with van der Waals surface area (Å²) >= 11 is 0. The normalized spacial score (nSPS) is 10.5. The van der Waals surface area contributed by atoms with E-state index >= 15 is 0 Å². The zero-order valence-corrected chi connectivity index (χ0v) is 24.0. The highest BCUT2D eigenvalue weighted by Crippen LogP contribution is 2.26. The number of ether oxygens (including phenoxy) is 3. The lowest BCUT2D eigenvalue weighted by atomic mass is 9.97. The molecule has 0 amide bonds. The molecule has 7 heteroatoms. The lowest BCUT2D eigenvalue weighted by Gasteiger charge is -2.14. The molecule has 0 unspecified atom stereocenters. The van der Waals surface area contributed by atoms with Crippen molar-refractivity contribution in [2.75, 3.05) is 32.2 Å². The minimum Gasteiger partial charge on any atom is -0.493 e. The number of benzene rings is 4. The van der Waals surface area contributed by atoms with Gasteiger partial charge in [0.2, 0.25) is 0 Å². The molecule has 0 fully saturated rings. The first kappa shape index (κ1) is 30.1. The van der Waals surface area contributed by atoms with Crippen LogP contribution in [0.3, 0.4) is 0 Å². The third kappa shape index (κ3) is 8.07. The molecule has 4 aromatic carbocycles. The van der Waals surface area contributed by atoms with Crippen LogP contribution in [-0.4, -0.2) is 44.8 Å². The van der Waals surface area contributed by atoms with Crippen molar-refractivity contribution in [3.8, 4) is 22.6 Å². The average molecular weight is 565 g/mol. The molecule has 0 saturated heterocycles. The number of hydrogen-bond acceptors (Lipinski definition) is 7. The number of nitrogens with one attached hydrogen (secondary N) is 2. The highest BCUT2D eigenvalue weighted by Gasteiger charge is 2.13. The highest BCUT2D eigenvalue weighted by molar-refractivity contribution is 6.09. The summed E-state index contributed by atoms with van der Waals surface area (Å²) in [5.41, 5.74) is 5.77. The number of aryl methyl sites for hydroxylation is 1. The fourth-order valence-electron chi connectivity index (χ4n) is 4.52. The van der Waals surface area contributed by atoms with Crippen LogP contribution in [-0.2, 0) is 16.0 Å². The second-order valence-electron chi connectivity index (χ2n) is 9.72. The summed E-state index contributed by atoms with van der Waals surface area (Å²) in [6.07, 6.45) is 3.60. The Labute approximate surface area is 247 Å². The highest BCUT2D eigenvalue weighted by atomic mass is 16.5. The number of esters is 1. The number of rotatable bonds is 15. The molecule has 4 aromatic rings. The molecule has 0 aliphatic carbocycles. The van der Waals surface area contributed by atoms with E-state index in [-0.39, 0.29) is 18.3 Å². The Morgan fingerprint density at radius 3 is 2.26 bits per heavy atom. The molecule has 0 saturated carbocycles. The fourth-order valence-corrected chi connectivity index (χ4v) is 4.52. The number of anilines is 1. The SMILES string of the molecule is CCCc1cc(C(=O)c2ccc(-c3ccccc3)cc2)ccc1OCCCOc1ccc(NCC(=O)OC)c(C=N)c1. The molecule has 42 heavy (non-hydrogen) atoms. The molecule has 0 spiro atoms. The van der Waals surface area contributed by atoms with Crippen molar-refractivity contribution in [2.45, 2.75) is 26.2 Å². The van der Waals surface area contributed by atoms with Gasteiger partial charge in [-0.1, -0.05) is 67.9 Å². The molecule has 216 valence electrons. The van der Waals surface area contributed by atoms with Crippen molar-refractivity contribution < 1.29 is 23.8 Å². The van der Waals surface area contributed by atoms with Gasteiger partial charge < -0.3 is 24.9 Å². The smallest absolute Gasteiger partial charge is 0.325 e. The summed E-state index contributed by atoms with van der Waals surface area (Å²) in [5, 5.41) is 10.6. The second-order valence-corrected chi connectivity index (χ2v) is 9.72. The minimum atomic E-state index is -0.386. The van der Waals surface area contributed by atoms with Gasteiger partial charge >= 0.3 is 5.97 Å². The summed E-state index contributed by atoms with van der Waals surface area (Å²) in [6.45, 7) is 3.02. The fraction of sp³-hybridized carbons (Fsp3) is 0.229. The Kier molecular flexibility index (Phi) is 10.9. The number of carbonyl (C=O) groups excluding carboxylic acids is 2. The van der Waals surface area contributed by atoms with Crippen LogP contribution in [0.4, 0.5) is 5.69 Å². The first-order valence-electron chi connectivity index (χ1n) is 14.1. The maximum absolute atomic E-state index is 13.2. The molecule has 7 nitrogen and oxygen atoms in total. The average Bonchev–Trinajstić information content (AvgIpc) is 3.04. The van der Waals surface area contributed by atoms with Crippen molar-refractivity contribution >= 4 is 23.7 Å². The maximum atomic E-state index is 13.2. The second kappa shape index (κ2) is 15.2. The Hall–Kier alpha value is -4.91. The van der Waals surface area contributed by atoms with Crippen LogP contribution >= 0.6 is 0 Å². The molecule has 0 aromatic heterocycles. The van der Waals surface area contributed by atoms with Gasteiger partial charge in [0.05, 0.1) is 20.3 Å². The molecule has 0 aliphatic rings. The number of methoxy groups -OCH3 is 1. The van der Waals surface area contributed by atoms with Gasteiger partial charge in [-0.2, -0.15) is 0 Å². The first-order chi connectivity index (χ1) is 20.5. The Bertz CT molecular complexity index is 1500. The quantitative estimate of drug-likeness (QED) is 0.0701. The lowest BCUT2D eigenvalue weighted by molar-refractivity contribution is -0.138. The van der Waals surface area contributed by atoms with E-state index in [1.165, 1.54) is 13.3 Å². The predicted molar refractivity (Wildman–Crippen MR) is 166 cm³/mol. The molecular weight excluding hydrogens is 528 g/mol. The van der Waals surface area contributed by atoms with E-state index in [0.29, 0.717) is 47.8 Å². The lowest BCUT2D eigenvalue weighted by Crippen LogP contribution is -2.15. The Morgan fingerprint density at radius 1 is 0.833 bits per heavy atom. The van der Waals surface area contributed by atoms with E-state index in [2.05, 4.69) is 29.1 Å². The van der Waals surface area contributed by atoms with E-state index in [0.717, 1.165) is 35.3 Å². The van der Waals surface area contributed by atoms with Crippen LogP contribution in [0.1, 0.15) is 46.8 Å². The van der Waals surface area contributed by atoms with Gasteiger partial charge in [0, 0.05) is 35.0 Å². The predicted octanol–water partition coefficient (Wildman–Crippen LogP) is 6.97. The number of ketones is 1. The van der Waals surface area contributed by atoms with Gasteiger partial charge in [-0.15, -0.1) is 0 Å². The standard InChI is InChI=1S/C35H36N2O5/c1-3-8-28-21-29(35(39)27-13-11-26(12-14-27)25-9-5-4-6-10-25)15-18-33(28)42-20-7-19-41-31-16-17-32(30(22-31)23-36)37-24-34(38)40-2/h4-6,9-18,21-23,36-37H,3,7-8,19-20,24H2,1-2H3. The van der Waals surface area contributed by atoms with Crippen LogP contribution in [0.25, 0.3) is 11.1 Å². The van der Waals surface area contributed by atoms with Crippen molar-refractivity contribution in [2.24, 2.45) is 0 Å². The van der Waals surface area contributed by atoms with Gasteiger partial charge in [-0.05, 0) is 59.5 Å². The number of hydrogen-bond donors (Lipinski definition) is 2. The van der Waals surface area contributed by atoms with E-state index in [1.54, 1.807) is 18.2 Å². The summed E-state index contributed by atoms with van der Waals surface area (Å²) < 4.78 is 16.6. The van der Waals surface area contributed by atoms with E-state index in [9.17, 15) is 9.59 Å². The van der Waals surface area contributed by atoms with Crippen LogP contribution in [0.2, 0.25) is 0 Å². The van der Waals surface area contributed by atoms with E-state index < -0.39 is 0 Å².